The lowest BCUT2D eigenvalue weighted by atomic mass is 10.0. The van der Waals surface area contributed by atoms with Crippen LogP contribution in [0.5, 0.6) is 0 Å². The second-order valence-electron chi connectivity index (χ2n) is 3.74. The molecule has 1 rings (SSSR count). The second-order valence-corrected chi connectivity index (χ2v) is 4.59. The lowest BCUT2D eigenvalue weighted by Gasteiger charge is -2.09. The SMILES string of the molecule is CC(C)C(=Cc1ccc(Cl)cc1Cl)CN. The minimum absolute atomic E-state index is 0.432. The monoisotopic (exact) mass is 243 g/mol. The van der Waals surface area contributed by atoms with Gasteiger partial charge in [0.05, 0.1) is 0 Å². The third kappa shape index (κ3) is 3.53. The van der Waals surface area contributed by atoms with E-state index in [9.17, 15) is 0 Å². The fourth-order valence-electron chi connectivity index (χ4n) is 1.28. The fourth-order valence-corrected chi connectivity index (χ4v) is 1.74. The smallest absolute Gasteiger partial charge is 0.0493 e. The molecule has 0 unspecified atom stereocenters. The molecule has 3 heteroatoms. The molecule has 1 aromatic carbocycles. The fraction of sp³-hybridized carbons (Fsp3) is 0.333. The molecular weight excluding hydrogens is 229 g/mol. The van der Waals surface area contributed by atoms with E-state index in [0.29, 0.717) is 22.5 Å². The van der Waals surface area contributed by atoms with Gasteiger partial charge in [0.25, 0.3) is 0 Å². The van der Waals surface area contributed by atoms with E-state index in [-0.39, 0.29) is 0 Å². The summed E-state index contributed by atoms with van der Waals surface area (Å²) in [6.07, 6.45) is 2.03. The van der Waals surface area contributed by atoms with Gasteiger partial charge in [-0.3, -0.25) is 0 Å². The molecule has 0 bridgehead atoms. The first kappa shape index (κ1) is 12.6. The summed E-state index contributed by atoms with van der Waals surface area (Å²) in [5.41, 5.74) is 7.81. The van der Waals surface area contributed by atoms with Gasteiger partial charge in [0.2, 0.25) is 0 Å². The maximum atomic E-state index is 6.07. The number of rotatable bonds is 3. The highest BCUT2D eigenvalue weighted by atomic mass is 35.5. The normalized spacial score (nSPS) is 12.3. The van der Waals surface area contributed by atoms with Crippen molar-refractivity contribution in [3.05, 3.63) is 39.4 Å². The molecule has 0 aromatic heterocycles. The van der Waals surface area contributed by atoms with Gasteiger partial charge in [-0.2, -0.15) is 0 Å². The first-order valence-corrected chi connectivity index (χ1v) is 5.65. The van der Waals surface area contributed by atoms with Gasteiger partial charge in [-0.15, -0.1) is 0 Å². The summed E-state index contributed by atoms with van der Waals surface area (Å²) in [5.74, 6) is 0.432. The minimum atomic E-state index is 0.432. The van der Waals surface area contributed by atoms with Crippen molar-refractivity contribution in [2.45, 2.75) is 13.8 Å². The summed E-state index contributed by atoms with van der Waals surface area (Å²) >= 11 is 11.9. The van der Waals surface area contributed by atoms with Crippen molar-refractivity contribution in [2.24, 2.45) is 11.7 Å². The quantitative estimate of drug-likeness (QED) is 0.854. The molecule has 0 saturated carbocycles. The summed E-state index contributed by atoms with van der Waals surface area (Å²) in [5, 5.41) is 1.31. The Bertz CT molecular complexity index is 370. The highest BCUT2D eigenvalue weighted by Crippen LogP contribution is 2.24. The first-order chi connectivity index (χ1) is 7.04. The van der Waals surface area contributed by atoms with Crippen LogP contribution < -0.4 is 5.73 Å². The average molecular weight is 244 g/mol. The van der Waals surface area contributed by atoms with E-state index < -0.39 is 0 Å². The van der Waals surface area contributed by atoms with Crippen molar-refractivity contribution in [3.8, 4) is 0 Å². The first-order valence-electron chi connectivity index (χ1n) is 4.90. The summed E-state index contributed by atoms with van der Waals surface area (Å²) in [6.45, 7) is 4.78. The summed E-state index contributed by atoms with van der Waals surface area (Å²) in [6, 6.07) is 5.47. The molecule has 15 heavy (non-hydrogen) atoms. The molecule has 2 N–H and O–H groups in total. The number of hydrogen-bond acceptors (Lipinski definition) is 1. The average Bonchev–Trinajstić information content (AvgIpc) is 2.16. The van der Waals surface area contributed by atoms with Gasteiger partial charge in [0, 0.05) is 16.6 Å². The van der Waals surface area contributed by atoms with Gasteiger partial charge in [-0.1, -0.05) is 54.8 Å². The zero-order valence-electron chi connectivity index (χ0n) is 8.93. The van der Waals surface area contributed by atoms with E-state index in [0.717, 1.165) is 5.56 Å². The van der Waals surface area contributed by atoms with E-state index in [4.69, 9.17) is 28.9 Å². The second kappa shape index (κ2) is 5.55. The van der Waals surface area contributed by atoms with Gasteiger partial charge >= 0.3 is 0 Å². The Balaban J connectivity index is 3.06. The van der Waals surface area contributed by atoms with Gasteiger partial charge in [0.15, 0.2) is 0 Å². The molecule has 0 radical (unpaired) electrons. The molecule has 0 fully saturated rings. The number of halogens is 2. The van der Waals surface area contributed by atoms with Crippen LogP contribution in [0.2, 0.25) is 10.0 Å². The van der Waals surface area contributed by atoms with Crippen LogP contribution in [0.25, 0.3) is 6.08 Å². The number of benzene rings is 1. The maximum Gasteiger partial charge on any atom is 0.0493 e. The van der Waals surface area contributed by atoms with Crippen LogP contribution in [0.1, 0.15) is 19.4 Å². The highest BCUT2D eigenvalue weighted by Gasteiger charge is 2.03. The van der Waals surface area contributed by atoms with E-state index in [2.05, 4.69) is 13.8 Å². The van der Waals surface area contributed by atoms with Crippen molar-refractivity contribution < 1.29 is 0 Å². The predicted molar refractivity (Wildman–Crippen MR) is 68.3 cm³/mol. The topological polar surface area (TPSA) is 26.0 Å². The van der Waals surface area contributed by atoms with Gasteiger partial charge in [0.1, 0.15) is 0 Å². The molecule has 0 saturated heterocycles. The molecular formula is C12H15Cl2N. The number of hydrogen-bond donors (Lipinski definition) is 1. The Kier molecular flexibility index (Phi) is 4.65. The Morgan fingerprint density at radius 1 is 1.40 bits per heavy atom. The Labute approximate surface area is 101 Å². The Morgan fingerprint density at radius 3 is 2.53 bits per heavy atom. The lowest BCUT2D eigenvalue weighted by molar-refractivity contribution is 0.753. The van der Waals surface area contributed by atoms with Gasteiger partial charge < -0.3 is 5.73 Å². The van der Waals surface area contributed by atoms with Crippen molar-refractivity contribution >= 4 is 29.3 Å². The van der Waals surface area contributed by atoms with Crippen LogP contribution >= 0.6 is 23.2 Å². The molecule has 0 amide bonds. The van der Waals surface area contributed by atoms with Crippen LogP contribution in [-0.2, 0) is 0 Å². The van der Waals surface area contributed by atoms with Crippen molar-refractivity contribution in [2.75, 3.05) is 6.54 Å². The van der Waals surface area contributed by atoms with Crippen molar-refractivity contribution in [3.63, 3.8) is 0 Å². The van der Waals surface area contributed by atoms with Crippen LogP contribution in [-0.4, -0.2) is 6.54 Å². The van der Waals surface area contributed by atoms with Crippen LogP contribution in [0.4, 0.5) is 0 Å². The van der Waals surface area contributed by atoms with Crippen molar-refractivity contribution in [1.29, 1.82) is 0 Å². The molecule has 0 aliphatic rings. The molecule has 0 spiro atoms. The third-order valence-electron chi connectivity index (χ3n) is 2.28. The Hall–Kier alpha value is -0.500. The zero-order chi connectivity index (χ0) is 11.4. The molecule has 0 heterocycles. The molecule has 0 atom stereocenters. The van der Waals surface area contributed by atoms with E-state index in [1.165, 1.54) is 5.57 Å². The largest absolute Gasteiger partial charge is 0.327 e. The van der Waals surface area contributed by atoms with Crippen LogP contribution in [0.15, 0.2) is 23.8 Å². The summed E-state index contributed by atoms with van der Waals surface area (Å²) in [7, 11) is 0. The van der Waals surface area contributed by atoms with Crippen LogP contribution in [0, 0.1) is 5.92 Å². The van der Waals surface area contributed by atoms with E-state index in [1.807, 2.05) is 18.2 Å². The highest BCUT2D eigenvalue weighted by molar-refractivity contribution is 6.35. The number of nitrogens with two attached hydrogens (primary N) is 1. The summed E-state index contributed by atoms with van der Waals surface area (Å²) in [4.78, 5) is 0. The Morgan fingerprint density at radius 2 is 2.07 bits per heavy atom. The molecule has 0 aliphatic heterocycles. The maximum absolute atomic E-state index is 6.07. The van der Waals surface area contributed by atoms with Crippen LogP contribution in [0.3, 0.4) is 0 Å². The van der Waals surface area contributed by atoms with Crippen molar-refractivity contribution in [1.82, 2.24) is 0 Å². The lowest BCUT2D eigenvalue weighted by Crippen LogP contribution is -2.08. The third-order valence-corrected chi connectivity index (χ3v) is 2.84. The standard InChI is InChI=1S/C12H15Cl2N/c1-8(2)10(7-15)5-9-3-4-11(13)6-12(9)14/h3-6,8H,7,15H2,1-2H3. The zero-order valence-corrected chi connectivity index (χ0v) is 10.4. The van der Waals surface area contributed by atoms with Gasteiger partial charge in [-0.05, 0) is 23.6 Å². The minimum Gasteiger partial charge on any atom is -0.327 e. The molecule has 1 nitrogen and oxygen atoms in total. The molecule has 82 valence electrons. The summed E-state index contributed by atoms with van der Waals surface area (Å²) < 4.78 is 0. The molecule has 1 aromatic rings. The van der Waals surface area contributed by atoms with E-state index in [1.54, 1.807) is 6.07 Å². The molecule has 0 aliphatic carbocycles. The van der Waals surface area contributed by atoms with Gasteiger partial charge in [-0.25, -0.2) is 0 Å². The predicted octanol–water partition coefficient (Wildman–Crippen LogP) is 3.99. The van der Waals surface area contributed by atoms with E-state index >= 15 is 0 Å².